The first-order valence-corrected chi connectivity index (χ1v) is 14.8. The number of anilines is 1. The van der Waals surface area contributed by atoms with Crippen LogP contribution in [0.5, 0.6) is 0 Å². The van der Waals surface area contributed by atoms with E-state index in [0.29, 0.717) is 23.6 Å². The molecule has 0 radical (unpaired) electrons. The summed E-state index contributed by atoms with van der Waals surface area (Å²) in [5.41, 5.74) is 5.65. The van der Waals surface area contributed by atoms with E-state index in [1.165, 1.54) is 51.4 Å². The number of nitrogens with zero attached hydrogens (tertiary/aromatic N) is 5. The topological polar surface area (TPSA) is 99.0 Å². The lowest BCUT2D eigenvalue weighted by Gasteiger charge is -2.54. The summed E-state index contributed by atoms with van der Waals surface area (Å²) in [6.07, 6.45) is 15.9. The molecule has 4 atom stereocenters. The molecule has 39 heavy (non-hydrogen) atoms. The highest BCUT2D eigenvalue weighted by Gasteiger charge is 2.45. The van der Waals surface area contributed by atoms with Crippen LogP contribution in [0.2, 0.25) is 0 Å². The van der Waals surface area contributed by atoms with Gasteiger partial charge in [-0.05, 0) is 68.9 Å². The summed E-state index contributed by atoms with van der Waals surface area (Å²) in [4.78, 5) is 37.7. The van der Waals surface area contributed by atoms with Gasteiger partial charge in [-0.2, -0.15) is 4.98 Å². The molecule has 9 heteroatoms. The smallest absolute Gasteiger partial charge is 0.355 e. The van der Waals surface area contributed by atoms with E-state index in [0.717, 1.165) is 53.8 Å². The third kappa shape index (κ3) is 4.39. The predicted molar refractivity (Wildman–Crippen MR) is 148 cm³/mol. The quantitative estimate of drug-likeness (QED) is 0.530. The van der Waals surface area contributed by atoms with Gasteiger partial charge in [0.25, 0.3) is 5.56 Å². The van der Waals surface area contributed by atoms with Crippen LogP contribution in [0, 0.1) is 17.7 Å². The number of hydrogen-bond acceptors (Lipinski definition) is 6. The van der Waals surface area contributed by atoms with Crippen LogP contribution in [-0.4, -0.2) is 42.1 Å². The number of benzene rings is 1. The summed E-state index contributed by atoms with van der Waals surface area (Å²) in [6.45, 7) is 0. The average molecular weight is 533 g/mol. The second-order valence-electron chi connectivity index (χ2n) is 12.4. The second kappa shape index (κ2) is 9.84. The Morgan fingerprint density at radius 1 is 0.795 bits per heavy atom. The molecule has 2 saturated heterocycles. The molecule has 4 heterocycles. The first kappa shape index (κ1) is 24.9. The minimum Gasteiger partial charge on any atom is -0.381 e. The van der Waals surface area contributed by atoms with Gasteiger partial charge in [0.05, 0.1) is 17.2 Å². The zero-order valence-electron chi connectivity index (χ0n) is 22.3. The van der Waals surface area contributed by atoms with Gasteiger partial charge in [0.2, 0.25) is 5.82 Å². The molecule has 8 nitrogen and oxygen atoms in total. The van der Waals surface area contributed by atoms with E-state index in [1.807, 2.05) is 28.8 Å². The SMILES string of the molecule is Nc1nc(=O)n(-c2nc3ccccc3n(C3CC4CCCC(C3)N4C3CC4CCCCC(C4)C3)c2=O)cc1F. The van der Waals surface area contributed by atoms with Gasteiger partial charge < -0.3 is 10.3 Å². The predicted octanol–water partition coefficient (Wildman–Crippen LogP) is 4.58. The fourth-order valence-corrected chi connectivity index (χ4v) is 8.56. The van der Waals surface area contributed by atoms with E-state index < -0.39 is 17.3 Å². The van der Waals surface area contributed by atoms with Crippen LogP contribution >= 0.6 is 0 Å². The molecule has 1 aromatic carbocycles. The van der Waals surface area contributed by atoms with Gasteiger partial charge in [-0.3, -0.25) is 9.69 Å². The number of piperidine rings is 2. The molecule has 206 valence electrons. The lowest BCUT2D eigenvalue weighted by molar-refractivity contribution is -0.0420. The van der Waals surface area contributed by atoms with Crippen molar-refractivity contribution in [3.63, 3.8) is 0 Å². The van der Waals surface area contributed by atoms with Crippen molar-refractivity contribution in [2.45, 2.75) is 101 Å². The second-order valence-corrected chi connectivity index (χ2v) is 12.4. The van der Waals surface area contributed by atoms with Crippen LogP contribution in [0.1, 0.15) is 83.1 Å². The zero-order chi connectivity index (χ0) is 26.7. The van der Waals surface area contributed by atoms with Gasteiger partial charge in [0, 0.05) is 24.2 Å². The molecule has 2 aliphatic heterocycles. The van der Waals surface area contributed by atoms with Gasteiger partial charge in [-0.1, -0.05) is 44.2 Å². The molecular formula is C30H37FN6O2. The molecule has 0 spiro atoms. The van der Waals surface area contributed by atoms with Crippen LogP contribution in [-0.2, 0) is 0 Å². The molecule has 4 fully saturated rings. The van der Waals surface area contributed by atoms with Crippen LogP contribution in [0.25, 0.3) is 16.9 Å². The Labute approximate surface area is 227 Å². The fourth-order valence-electron chi connectivity index (χ4n) is 8.56. The summed E-state index contributed by atoms with van der Waals surface area (Å²) in [7, 11) is 0. The van der Waals surface area contributed by atoms with Gasteiger partial charge in [-0.25, -0.2) is 18.7 Å². The standard InChI is InChI=1S/C30H37FN6O2/c31-24-17-35(30(39)34-27(24)32)28-29(38)37(26-11-4-3-10-25(26)33-28)23-15-20-8-5-9-21(16-23)36(20)22-13-18-6-1-2-7-19(12-18)14-22/h3-4,10-11,17-23H,1-2,5-9,12-16H2,(H2,32,34,39). The summed E-state index contributed by atoms with van der Waals surface area (Å²) < 4.78 is 17.1. The van der Waals surface area contributed by atoms with Gasteiger partial charge in [0.15, 0.2) is 11.6 Å². The van der Waals surface area contributed by atoms with Crippen LogP contribution in [0.3, 0.4) is 0 Å². The third-order valence-corrected chi connectivity index (χ3v) is 10.1. The number of aromatic nitrogens is 4. The van der Waals surface area contributed by atoms with Crippen LogP contribution in [0.4, 0.5) is 10.2 Å². The highest BCUT2D eigenvalue weighted by atomic mass is 19.1. The highest BCUT2D eigenvalue weighted by molar-refractivity contribution is 5.75. The highest BCUT2D eigenvalue weighted by Crippen LogP contribution is 2.47. The molecule has 2 saturated carbocycles. The maximum absolute atomic E-state index is 14.3. The van der Waals surface area contributed by atoms with Gasteiger partial charge >= 0.3 is 5.69 Å². The monoisotopic (exact) mass is 532 g/mol. The van der Waals surface area contributed by atoms with E-state index in [-0.39, 0.29) is 17.4 Å². The van der Waals surface area contributed by atoms with Crippen molar-refractivity contribution in [1.82, 2.24) is 24.0 Å². The van der Waals surface area contributed by atoms with Crippen molar-refractivity contribution in [3.8, 4) is 5.82 Å². The minimum atomic E-state index is -0.855. The molecule has 2 aliphatic carbocycles. The van der Waals surface area contributed by atoms with E-state index in [1.54, 1.807) is 0 Å². The summed E-state index contributed by atoms with van der Waals surface area (Å²) >= 11 is 0. The lowest BCUT2D eigenvalue weighted by atomic mass is 9.73. The Balaban J connectivity index is 1.27. The Morgan fingerprint density at radius 3 is 2.21 bits per heavy atom. The molecule has 0 amide bonds. The molecule has 2 aromatic heterocycles. The summed E-state index contributed by atoms with van der Waals surface area (Å²) in [5, 5.41) is 0. The molecule has 4 bridgehead atoms. The maximum Gasteiger partial charge on any atom is 0.355 e. The van der Waals surface area contributed by atoms with Gasteiger partial charge in [-0.15, -0.1) is 0 Å². The molecule has 4 unspecified atom stereocenters. The van der Waals surface area contributed by atoms with Gasteiger partial charge in [0.1, 0.15) is 0 Å². The van der Waals surface area contributed by atoms with Crippen molar-refractivity contribution in [1.29, 1.82) is 0 Å². The number of hydrogen-bond donors (Lipinski definition) is 1. The molecule has 3 aromatic rings. The van der Waals surface area contributed by atoms with Crippen molar-refractivity contribution in [3.05, 3.63) is 57.1 Å². The number of para-hydroxylation sites is 2. The van der Waals surface area contributed by atoms with E-state index >= 15 is 0 Å². The number of rotatable bonds is 3. The number of fused-ring (bicyclic) bond motifs is 5. The first-order valence-electron chi connectivity index (χ1n) is 14.8. The van der Waals surface area contributed by atoms with E-state index in [2.05, 4.69) is 14.9 Å². The van der Waals surface area contributed by atoms with Crippen molar-refractivity contribution < 1.29 is 4.39 Å². The van der Waals surface area contributed by atoms with Crippen molar-refractivity contribution in [2.24, 2.45) is 11.8 Å². The first-order chi connectivity index (χ1) is 19.0. The van der Waals surface area contributed by atoms with Crippen molar-refractivity contribution in [2.75, 3.05) is 5.73 Å². The van der Waals surface area contributed by atoms with E-state index in [9.17, 15) is 14.0 Å². The largest absolute Gasteiger partial charge is 0.381 e. The fraction of sp³-hybridized carbons (Fsp3) is 0.600. The Morgan fingerprint density at radius 2 is 1.49 bits per heavy atom. The summed E-state index contributed by atoms with van der Waals surface area (Å²) in [6, 6.07) is 9.08. The zero-order valence-corrected chi connectivity index (χ0v) is 22.3. The molecule has 4 aliphatic rings. The average Bonchev–Trinajstić information content (AvgIpc) is 3.09. The normalized spacial score (nSPS) is 31.2. The van der Waals surface area contributed by atoms with E-state index in [4.69, 9.17) is 5.73 Å². The molecular weight excluding hydrogens is 495 g/mol. The number of nitrogens with two attached hydrogens (primary N) is 1. The number of nitrogen functional groups attached to an aromatic ring is 1. The lowest BCUT2D eigenvalue weighted by Crippen LogP contribution is -2.58. The number of halogens is 1. The Hall–Kier alpha value is -3.07. The Bertz CT molecular complexity index is 1490. The molecule has 7 rings (SSSR count). The third-order valence-electron chi connectivity index (χ3n) is 10.1. The minimum absolute atomic E-state index is 0.0103. The van der Waals surface area contributed by atoms with Crippen LogP contribution in [0.15, 0.2) is 40.1 Å². The molecule has 2 N–H and O–H groups in total. The Kier molecular flexibility index (Phi) is 6.29. The van der Waals surface area contributed by atoms with Crippen LogP contribution < -0.4 is 17.0 Å². The maximum atomic E-state index is 14.3. The van der Waals surface area contributed by atoms with Crippen molar-refractivity contribution >= 4 is 16.9 Å². The summed E-state index contributed by atoms with van der Waals surface area (Å²) in [5.74, 6) is 0.271.